The van der Waals surface area contributed by atoms with Gasteiger partial charge >= 0.3 is 0 Å². The Morgan fingerprint density at radius 3 is 2.58 bits per heavy atom. The number of hydrogen-bond acceptors (Lipinski definition) is 4. The molecule has 1 aromatic heterocycles. The second-order valence-electron chi connectivity index (χ2n) is 6.55. The summed E-state index contributed by atoms with van der Waals surface area (Å²) in [6.45, 7) is 2.86. The number of ether oxygens (including phenoxy) is 2. The van der Waals surface area contributed by atoms with E-state index >= 15 is 0 Å². The van der Waals surface area contributed by atoms with Gasteiger partial charge in [0.25, 0.3) is 5.91 Å². The van der Waals surface area contributed by atoms with Crippen LogP contribution in [0.3, 0.4) is 0 Å². The molecule has 0 bridgehead atoms. The van der Waals surface area contributed by atoms with Gasteiger partial charge in [-0.3, -0.25) is 9.78 Å². The van der Waals surface area contributed by atoms with E-state index in [0.717, 1.165) is 18.4 Å². The minimum Gasteiger partial charge on any atom is -0.490 e. The predicted octanol–water partition coefficient (Wildman–Crippen LogP) is 4.12. The third-order valence-electron chi connectivity index (χ3n) is 4.59. The Kier molecular flexibility index (Phi) is 6.47. The van der Waals surface area contributed by atoms with E-state index in [1.165, 1.54) is 19.3 Å². The number of aromatic nitrogens is 1. The number of amides is 1. The lowest BCUT2D eigenvalue weighted by atomic mass is 9.95. The van der Waals surface area contributed by atoms with Gasteiger partial charge in [-0.05, 0) is 55.7 Å². The minimum absolute atomic E-state index is 0.0430. The van der Waals surface area contributed by atoms with Crippen LogP contribution in [0.25, 0.3) is 0 Å². The van der Waals surface area contributed by atoms with E-state index in [4.69, 9.17) is 9.47 Å². The van der Waals surface area contributed by atoms with Gasteiger partial charge in [0.1, 0.15) is 6.61 Å². The molecular formula is C21H26N2O3. The maximum absolute atomic E-state index is 12.5. The first-order chi connectivity index (χ1) is 12.8. The van der Waals surface area contributed by atoms with Crippen LogP contribution in [0.5, 0.6) is 11.5 Å². The number of rotatable bonds is 7. The number of nitrogens with zero attached hydrogens (tertiary/aromatic N) is 1. The van der Waals surface area contributed by atoms with Crippen molar-refractivity contribution in [3.05, 3.63) is 53.9 Å². The highest BCUT2D eigenvalue weighted by molar-refractivity contribution is 5.95. The zero-order valence-corrected chi connectivity index (χ0v) is 15.2. The summed E-state index contributed by atoms with van der Waals surface area (Å²) >= 11 is 0. The molecule has 1 aliphatic rings. The molecule has 0 radical (unpaired) electrons. The summed E-state index contributed by atoms with van der Waals surface area (Å²) in [5, 5.41) is 3.14. The Balaban J connectivity index is 1.67. The molecular weight excluding hydrogens is 328 g/mol. The van der Waals surface area contributed by atoms with Crippen molar-refractivity contribution in [1.82, 2.24) is 10.3 Å². The highest BCUT2D eigenvalue weighted by Crippen LogP contribution is 2.29. The van der Waals surface area contributed by atoms with Crippen LogP contribution in [0.15, 0.2) is 42.7 Å². The summed E-state index contributed by atoms with van der Waals surface area (Å²) in [7, 11) is 0. The summed E-state index contributed by atoms with van der Waals surface area (Å²) in [6.07, 6.45) is 9.26. The molecule has 1 aliphatic carbocycles. The van der Waals surface area contributed by atoms with Gasteiger partial charge in [-0.2, -0.15) is 0 Å². The number of nitrogens with one attached hydrogen (secondary N) is 1. The van der Waals surface area contributed by atoms with Gasteiger partial charge < -0.3 is 14.8 Å². The quantitative estimate of drug-likeness (QED) is 0.812. The van der Waals surface area contributed by atoms with Crippen LogP contribution in [0, 0.1) is 0 Å². The lowest BCUT2D eigenvalue weighted by Crippen LogP contribution is -2.36. The van der Waals surface area contributed by atoms with Gasteiger partial charge in [0.05, 0.1) is 6.61 Å². The highest BCUT2D eigenvalue weighted by Gasteiger charge is 2.18. The molecule has 0 atom stereocenters. The normalized spacial score (nSPS) is 14.7. The second-order valence-corrected chi connectivity index (χ2v) is 6.55. The number of benzene rings is 1. The number of carbonyl (C=O) groups excluding carboxylic acids is 1. The van der Waals surface area contributed by atoms with Crippen LogP contribution >= 0.6 is 0 Å². The third kappa shape index (κ3) is 4.97. The fraction of sp³-hybridized carbons (Fsp3) is 0.429. The van der Waals surface area contributed by atoms with E-state index in [1.54, 1.807) is 24.5 Å². The lowest BCUT2D eigenvalue weighted by Gasteiger charge is -2.23. The van der Waals surface area contributed by atoms with Crippen LogP contribution in [-0.2, 0) is 6.61 Å². The summed E-state index contributed by atoms with van der Waals surface area (Å²) in [4.78, 5) is 16.5. The van der Waals surface area contributed by atoms with Crippen LogP contribution in [0.4, 0.5) is 0 Å². The smallest absolute Gasteiger partial charge is 0.251 e. The van der Waals surface area contributed by atoms with E-state index in [2.05, 4.69) is 10.3 Å². The van der Waals surface area contributed by atoms with Crippen molar-refractivity contribution >= 4 is 5.91 Å². The minimum atomic E-state index is -0.0430. The van der Waals surface area contributed by atoms with Crippen molar-refractivity contribution in [2.24, 2.45) is 0 Å². The Hall–Kier alpha value is -2.56. The van der Waals surface area contributed by atoms with Gasteiger partial charge in [0.15, 0.2) is 11.5 Å². The molecule has 3 rings (SSSR count). The van der Waals surface area contributed by atoms with E-state index in [9.17, 15) is 4.79 Å². The summed E-state index contributed by atoms with van der Waals surface area (Å²) in [5.41, 5.74) is 1.64. The van der Waals surface area contributed by atoms with Gasteiger partial charge in [0, 0.05) is 24.0 Å². The summed E-state index contributed by atoms with van der Waals surface area (Å²) < 4.78 is 11.6. The van der Waals surface area contributed by atoms with E-state index in [1.807, 2.05) is 25.1 Å². The SMILES string of the molecule is CCOc1cc(C(=O)NC2CCCCC2)ccc1OCc1ccncc1. The molecule has 5 nitrogen and oxygen atoms in total. The first-order valence-electron chi connectivity index (χ1n) is 9.35. The van der Waals surface area contributed by atoms with E-state index in [0.29, 0.717) is 30.3 Å². The summed E-state index contributed by atoms with van der Waals surface area (Å²) in [5.74, 6) is 1.19. The van der Waals surface area contributed by atoms with Crippen LogP contribution in [0.2, 0.25) is 0 Å². The first-order valence-corrected chi connectivity index (χ1v) is 9.35. The Morgan fingerprint density at radius 2 is 1.85 bits per heavy atom. The van der Waals surface area contributed by atoms with Crippen molar-refractivity contribution in [3.8, 4) is 11.5 Å². The zero-order chi connectivity index (χ0) is 18.2. The van der Waals surface area contributed by atoms with Crippen LogP contribution in [0.1, 0.15) is 54.9 Å². The van der Waals surface area contributed by atoms with Crippen LogP contribution in [-0.4, -0.2) is 23.5 Å². The van der Waals surface area contributed by atoms with Gasteiger partial charge in [0.2, 0.25) is 0 Å². The molecule has 0 spiro atoms. The predicted molar refractivity (Wildman–Crippen MR) is 101 cm³/mol. The molecule has 1 aromatic carbocycles. The van der Waals surface area contributed by atoms with Gasteiger partial charge in [-0.1, -0.05) is 19.3 Å². The maximum atomic E-state index is 12.5. The van der Waals surface area contributed by atoms with Gasteiger partial charge in [-0.25, -0.2) is 0 Å². The Morgan fingerprint density at radius 1 is 1.08 bits per heavy atom. The zero-order valence-electron chi connectivity index (χ0n) is 15.2. The molecule has 1 N–H and O–H groups in total. The van der Waals surface area contributed by atoms with Crippen molar-refractivity contribution in [2.45, 2.75) is 51.7 Å². The molecule has 5 heteroatoms. The number of carbonyl (C=O) groups is 1. The molecule has 1 amide bonds. The van der Waals surface area contributed by atoms with Crippen molar-refractivity contribution < 1.29 is 14.3 Å². The Bertz CT molecular complexity index is 712. The number of pyridine rings is 1. The molecule has 0 unspecified atom stereocenters. The maximum Gasteiger partial charge on any atom is 0.251 e. The second kappa shape index (κ2) is 9.22. The average molecular weight is 354 g/mol. The van der Waals surface area contributed by atoms with Crippen molar-refractivity contribution in [3.63, 3.8) is 0 Å². The molecule has 1 saturated carbocycles. The monoisotopic (exact) mass is 354 g/mol. The topological polar surface area (TPSA) is 60.5 Å². The molecule has 0 saturated heterocycles. The summed E-state index contributed by atoms with van der Waals surface area (Å²) in [6, 6.07) is 9.47. The molecule has 0 aliphatic heterocycles. The molecule has 1 heterocycles. The standard InChI is InChI=1S/C21H26N2O3/c1-2-25-20-14-17(21(24)23-18-6-4-3-5-7-18)8-9-19(20)26-15-16-10-12-22-13-11-16/h8-14,18H,2-7,15H2,1H3,(H,23,24). The van der Waals surface area contributed by atoms with Crippen LogP contribution < -0.4 is 14.8 Å². The molecule has 1 fully saturated rings. The highest BCUT2D eigenvalue weighted by atomic mass is 16.5. The number of hydrogen-bond donors (Lipinski definition) is 1. The lowest BCUT2D eigenvalue weighted by molar-refractivity contribution is 0.0927. The van der Waals surface area contributed by atoms with E-state index < -0.39 is 0 Å². The fourth-order valence-corrected chi connectivity index (χ4v) is 3.19. The molecule has 138 valence electrons. The van der Waals surface area contributed by atoms with Crippen molar-refractivity contribution in [1.29, 1.82) is 0 Å². The first kappa shape index (κ1) is 18.2. The van der Waals surface area contributed by atoms with Crippen molar-refractivity contribution in [2.75, 3.05) is 6.61 Å². The Labute approximate surface area is 154 Å². The molecule has 2 aromatic rings. The third-order valence-corrected chi connectivity index (χ3v) is 4.59. The van der Waals surface area contributed by atoms with Gasteiger partial charge in [-0.15, -0.1) is 0 Å². The molecule has 26 heavy (non-hydrogen) atoms. The fourth-order valence-electron chi connectivity index (χ4n) is 3.19. The average Bonchev–Trinajstić information content (AvgIpc) is 2.69. The van der Waals surface area contributed by atoms with E-state index in [-0.39, 0.29) is 11.9 Å². The largest absolute Gasteiger partial charge is 0.490 e.